The highest BCUT2D eigenvalue weighted by atomic mass is 19.4. The number of alkyl halides is 3. The van der Waals surface area contributed by atoms with Crippen molar-refractivity contribution in [3.63, 3.8) is 0 Å². The summed E-state index contributed by atoms with van der Waals surface area (Å²) >= 11 is 0. The summed E-state index contributed by atoms with van der Waals surface area (Å²) in [7, 11) is 1.47. The van der Waals surface area contributed by atoms with Crippen molar-refractivity contribution in [1.82, 2.24) is 20.0 Å². The predicted octanol–water partition coefficient (Wildman–Crippen LogP) is 2.55. The van der Waals surface area contributed by atoms with Crippen LogP contribution < -0.4 is 0 Å². The van der Waals surface area contributed by atoms with E-state index < -0.39 is 30.1 Å². The van der Waals surface area contributed by atoms with Crippen LogP contribution in [-0.2, 0) is 17.4 Å². The Bertz CT molecular complexity index is 699. The Hall–Kier alpha value is -2.45. The van der Waals surface area contributed by atoms with Crippen molar-refractivity contribution in [2.75, 3.05) is 7.05 Å². The quantitative estimate of drug-likeness (QED) is 0.862. The van der Waals surface area contributed by atoms with Crippen LogP contribution in [0.2, 0.25) is 0 Å². The second-order valence-corrected chi connectivity index (χ2v) is 5.07. The van der Waals surface area contributed by atoms with Crippen molar-refractivity contribution in [2.45, 2.75) is 32.5 Å². The SMILES string of the molecule is Cc1noc(C(C)N(C)C(=O)Cc2cnccc2C(F)(F)F)n1. The molecule has 2 heterocycles. The zero-order valence-electron chi connectivity index (χ0n) is 12.8. The molecule has 0 aromatic carbocycles. The van der Waals surface area contributed by atoms with Gasteiger partial charge in [-0.1, -0.05) is 5.16 Å². The molecule has 6 nitrogen and oxygen atoms in total. The number of carbonyl (C=O) groups is 1. The molecule has 0 spiro atoms. The lowest BCUT2D eigenvalue weighted by molar-refractivity contribution is -0.138. The Kier molecular flexibility index (Phi) is 4.67. The Morgan fingerprint density at radius 1 is 1.43 bits per heavy atom. The second kappa shape index (κ2) is 6.35. The summed E-state index contributed by atoms with van der Waals surface area (Å²) in [5.74, 6) is 0.131. The molecule has 2 rings (SSSR count). The maximum atomic E-state index is 12.9. The van der Waals surface area contributed by atoms with E-state index in [-0.39, 0.29) is 11.5 Å². The fraction of sp³-hybridized carbons (Fsp3) is 0.429. The molecule has 0 aliphatic heterocycles. The molecular weight excluding hydrogens is 313 g/mol. The lowest BCUT2D eigenvalue weighted by atomic mass is 10.1. The molecular formula is C14H15F3N4O2. The number of pyridine rings is 1. The number of aryl methyl sites for hydroxylation is 1. The fourth-order valence-corrected chi connectivity index (χ4v) is 2.00. The lowest BCUT2D eigenvalue weighted by Gasteiger charge is -2.22. The van der Waals surface area contributed by atoms with Crippen LogP contribution in [0, 0.1) is 6.92 Å². The van der Waals surface area contributed by atoms with E-state index in [1.165, 1.54) is 11.9 Å². The molecule has 0 radical (unpaired) electrons. The van der Waals surface area contributed by atoms with Gasteiger partial charge >= 0.3 is 6.18 Å². The van der Waals surface area contributed by atoms with Crippen molar-refractivity contribution in [1.29, 1.82) is 0 Å². The molecule has 0 N–H and O–H groups in total. The van der Waals surface area contributed by atoms with Crippen LogP contribution in [0.4, 0.5) is 13.2 Å². The molecule has 0 bridgehead atoms. The van der Waals surface area contributed by atoms with Crippen molar-refractivity contribution in [3.8, 4) is 0 Å². The van der Waals surface area contributed by atoms with E-state index in [0.717, 1.165) is 18.5 Å². The highest BCUT2D eigenvalue weighted by molar-refractivity contribution is 5.79. The molecule has 0 aliphatic rings. The van der Waals surface area contributed by atoms with Gasteiger partial charge in [0.15, 0.2) is 5.82 Å². The number of likely N-dealkylation sites (N-methyl/N-ethyl adjacent to an activating group) is 1. The highest BCUT2D eigenvalue weighted by Gasteiger charge is 2.34. The minimum absolute atomic E-state index is 0.175. The minimum atomic E-state index is -4.54. The van der Waals surface area contributed by atoms with Crippen LogP contribution in [0.1, 0.15) is 35.8 Å². The molecule has 124 valence electrons. The lowest BCUT2D eigenvalue weighted by Crippen LogP contribution is -2.31. The molecule has 1 amide bonds. The van der Waals surface area contributed by atoms with E-state index >= 15 is 0 Å². The first-order valence-electron chi connectivity index (χ1n) is 6.76. The van der Waals surface area contributed by atoms with Crippen LogP contribution in [0.15, 0.2) is 23.0 Å². The summed E-state index contributed by atoms with van der Waals surface area (Å²) in [4.78, 5) is 21.2. The molecule has 1 atom stereocenters. The summed E-state index contributed by atoms with van der Waals surface area (Å²) in [6.45, 7) is 3.28. The van der Waals surface area contributed by atoms with Gasteiger partial charge in [-0.2, -0.15) is 18.2 Å². The normalized spacial score (nSPS) is 13.0. The zero-order chi connectivity index (χ0) is 17.2. The zero-order valence-corrected chi connectivity index (χ0v) is 12.8. The van der Waals surface area contributed by atoms with E-state index in [1.807, 2.05) is 0 Å². The summed E-state index contributed by atoms with van der Waals surface area (Å²) in [5.41, 5.74) is -1.04. The van der Waals surface area contributed by atoms with Crippen LogP contribution in [0.5, 0.6) is 0 Å². The summed E-state index contributed by atoms with van der Waals surface area (Å²) in [6.07, 6.45) is -2.86. The number of carbonyl (C=O) groups excluding carboxylic acids is 1. The van der Waals surface area contributed by atoms with Crippen LogP contribution in [0.3, 0.4) is 0 Å². The van der Waals surface area contributed by atoms with E-state index in [0.29, 0.717) is 5.82 Å². The average molecular weight is 328 g/mol. The van der Waals surface area contributed by atoms with Crippen molar-refractivity contribution >= 4 is 5.91 Å². The van der Waals surface area contributed by atoms with Gasteiger partial charge in [0.2, 0.25) is 11.8 Å². The maximum absolute atomic E-state index is 12.9. The molecule has 9 heteroatoms. The number of hydrogen-bond donors (Lipinski definition) is 0. The molecule has 23 heavy (non-hydrogen) atoms. The first kappa shape index (κ1) is 16.9. The number of aromatic nitrogens is 3. The number of rotatable bonds is 4. The molecule has 2 aromatic rings. The molecule has 2 aromatic heterocycles. The molecule has 0 fully saturated rings. The molecule has 0 saturated carbocycles. The first-order chi connectivity index (χ1) is 10.7. The Morgan fingerprint density at radius 2 is 2.13 bits per heavy atom. The van der Waals surface area contributed by atoms with Gasteiger partial charge in [0.1, 0.15) is 6.04 Å². The van der Waals surface area contributed by atoms with Gasteiger partial charge in [0.25, 0.3) is 0 Å². The van der Waals surface area contributed by atoms with Crippen molar-refractivity contribution in [2.24, 2.45) is 0 Å². The van der Waals surface area contributed by atoms with Gasteiger partial charge in [-0.15, -0.1) is 0 Å². The van der Waals surface area contributed by atoms with Crippen LogP contribution in [-0.4, -0.2) is 33.0 Å². The van der Waals surface area contributed by atoms with Crippen molar-refractivity contribution < 1.29 is 22.5 Å². The van der Waals surface area contributed by atoms with Crippen LogP contribution >= 0.6 is 0 Å². The highest BCUT2D eigenvalue weighted by Crippen LogP contribution is 2.32. The summed E-state index contributed by atoms with van der Waals surface area (Å²) < 4.78 is 43.8. The number of hydrogen-bond acceptors (Lipinski definition) is 5. The third kappa shape index (κ3) is 3.85. The van der Waals surface area contributed by atoms with Gasteiger partial charge in [-0.3, -0.25) is 9.78 Å². The van der Waals surface area contributed by atoms with Gasteiger partial charge in [-0.05, 0) is 25.5 Å². The van der Waals surface area contributed by atoms with E-state index in [1.54, 1.807) is 13.8 Å². The largest absolute Gasteiger partial charge is 0.416 e. The molecule has 1 unspecified atom stereocenters. The summed E-state index contributed by atoms with van der Waals surface area (Å²) in [5, 5.41) is 3.63. The Morgan fingerprint density at radius 3 is 2.70 bits per heavy atom. The molecule has 0 saturated heterocycles. The van der Waals surface area contributed by atoms with Gasteiger partial charge in [0.05, 0.1) is 12.0 Å². The Balaban J connectivity index is 2.16. The first-order valence-corrected chi connectivity index (χ1v) is 6.76. The number of nitrogens with zero attached hydrogens (tertiary/aromatic N) is 4. The topological polar surface area (TPSA) is 72.1 Å². The smallest absolute Gasteiger partial charge is 0.337 e. The van der Waals surface area contributed by atoms with Crippen molar-refractivity contribution in [3.05, 3.63) is 41.3 Å². The fourth-order valence-electron chi connectivity index (χ4n) is 2.00. The van der Waals surface area contributed by atoms with Gasteiger partial charge < -0.3 is 9.42 Å². The average Bonchev–Trinajstić information content (AvgIpc) is 2.91. The van der Waals surface area contributed by atoms with Crippen LogP contribution in [0.25, 0.3) is 0 Å². The monoisotopic (exact) mass is 328 g/mol. The second-order valence-electron chi connectivity index (χ2n) is 5.07. The minimum Gasteiger partial charge on any atom is -0.337 e. The Labute approximate surface area is 130 Å². The number of halogens is 3. The van der Waals surface area contributed by atoms with Gasteiger partial charge in [-0.25, -0.2) is 0 Å². The third-order valence-electron chi connectivity index (χ3n) is 3.43. The number of amides is 1. The maximum Gasteiger partial charge on any atom is 0.416 e. The summed E-state index contributed by atoms with van der Waals surface area (Å²) in [6, 6.07) is 0.308. The molecule has 0 aliphatic carbocycles. The third-order valence-corrected chi connectivity index (χ3v) is 3.43. The van der Waals surface area contributed by atoms with E-state index in [9.17, 15) is 18.0 Å². The predicted molar refractivity (Wildman–Crippen MR) is 73.2 cm³/mol. The van der Waals surface area contributed by atoms with E-state index in [2.05, 4.69) is 15.1 Å². The van der Waals surface area contributed by atoms with Gasteiger partial charge in [0, 0.05) is 19.4 Å². The standard InChI is InChI=1S/C14H15F3N4O2/c1-8(13-19-9(2)20-23-13)21(3)12(22)6-10-7-18-5-4-11(10)14(15,16)17/h4-5,7-8H,6H2,1-3H3. The van der Waals surface area contributed by atoms with E-state index in [4.69, 9.17) is 4.52 Å².